The van der Waals surface area contributed by atoms with Crippen molar-refractivity contribution in [2.24, 2.45) is 5.11 Å². The first kappa shape index (κ1) is 27.9. The second-order valence-corrected chi connectivity index (χ2v) is 10.7. The van der Waals surface area contributed by atoms with Gasteiger partial charge in [0.05, 0.1) is 37.8 Å². The summed E-state index contributed by atoms with van der Waals surface area (Å²) >= 11 is 0. The number of aryl methyl sites for hydroxylation is 1. The van der Waals surface area contributed by atoms with E-state index in [0.717, 1.165) is 4.57 Å². The molecule has 5 N–H and O–H groups in total. The van der Waals surface area contributed by atoms with Crippen LogP contribution in [-0.2, 0) is 23.1 Å². The zero-order valence-electron chi connectivity index (χ0n) is 20.9. The number of nitrogens with zero attached hydrogens (tertiary/aromatic N) is 8. The highest BCUT2D eigenvalue weighted by atomic mass is 31.2. The molecule has 0 bridgehead atoms. The summed E-state index contributed by atoms with van der Waals surface area (Å²) in [5.74, 6) is 0.163. The SMILES string of the molecule is Cc1cn([C@H]2C[C@H](N=[N+]=[N-])[C@@H](COP(=O)(O)OC[C@@H]3C[C@@H](O)[C@H](n4cnc5c(N)ncnc54)O3)O2)c(=O)[nH]c1=O. The molecule has 0 spiro atoms. The summed E-state index contributed by atoms with van der Waals surface area (Å²) in [6.45, 7) is 0.598. The predicted molar refractivity (Wildman–Crippen MR) is 134 cm³/mol. The lowest BCUT2D eigenvalue weighted by Crippen LogP contribution is -2.33. The summed E-state index contributed by atoms with van der Waals surface area (Å²) < 4.78 is 36.9. The van der Waals surface area contributed by atoms with Crippen molar-refractivity contribution < 1.29 is 33.1 Å². The Balaban J connectivity index is 1.18. The Morgan fingerprint density at radius 2 is 2.02 bits per heavy atom. The van der Waals surface area contributed by atoms with Crippen LogP contribution >= 0.6 is 7.82 Å². The van der Waals surface area contributed by atoms with Crippen LogP contribution in [0.15, 0.2) is 33.6 Å². The zero-order valence-corrected chi connectivity index (χ0v) is 21.8. The summed E-state index contributed by atoms with van der Waals surface area (Å²) in [5, 5.41) is 14.2. The molecule has 19 nitrogen and oxygen atoms in total. The number of fused-ring (bicyclic) bond motifs is 1. The van der Waals surface area contributed by atoms with Gasteiger partial charge in [0, 0.05) is 29.5 Å². The summed E-state index contributed by atoms with van der Waals surface area (Å²) in [7, 11) is -4.65. The number of hydrogen-bond donors (Lipinski definition) is 4. The number of aromatic amines is 1. The fourth-order valence-corrected chi connectivity index (χ4v) is 5.31. The minimum atomic E-state index is -4.65. The van der Waals surface area contributed by atoms with E-state index in [2.05, 4.69) is 30.0 Å². The number of nitrogens with one attached hydrogen (secondary N) is 1. The number of rotatable bonds is 9. The lowest BCUT2D eigenvalue weighted by atomic mass is 10.1. The normalized spacial score (nSPS) is 28.0. The summed E-state index contributed by atoms with van der Waals surface area (Å²) in [4.78, 5) is 51.1. The third-order valence-electron chi connectivity index (χ3n) is 6.51. The molecule has 7 atom stereocenters. The van der Waals surface area contributed by atoms with Crippen LogP contribution in [0.2, 0.25) is 0 Å². The average molecular weight is 580 g/mol. The third-order valence-corrected chi connectivity index (χ3v) is 7.46. The topological polar surface area (TPSA) is 268 Å². The minimum Gasteiger partial charge on any atom is -0.388 e. The van der Waals surface area contributed by atoms with Crippen LogP contribution in [0.3, 0.4) is 0 Å². The maximum Gasteiger partial charge on any atom is 0.472 e. The Kier molecular flexibility index (Phi) is 7.72. The van der Waals surface area contributed by atoms with E-state index in [9.17, 15) is 24.2 Å². The van der Waals surface area contributed by atoms with Gasteiger partial charge in [-0.2, -0.15) is 0 Å². The van der Waals surface area contributed by atoms with Gasteiger partial charge in [-0.25, -0.2) is 24.3 Å². The number of aromatic nitrogens is 6. The van der Waals surface area contributed by atoms with Gasteiger partial charge in [-0.05, 0) is 12.5 Å². The van der Waals surface area contributed by atoms with E-state index >= 15 is 0 Å². The highest BCUT2D eigenvalue weighted by Crippen LogP contribution is 2.45. The maximum absolute atomic E-state index is 12.6. The van der Waals surface area contributed by atoms with E-state index in [1.807, 2.05) is 0 Å². The van der Waals surface area contributed by atoms with Crippen molar-refractivity contribution in [3.63, 3.8) is 0 Å². The Labute approximate surface area is 223 Å². The molecule has 2 aliphatic rings. The molecule has 5 heterocycles. The van der Waals surface area contributed by atoms with Crippen molar-refractivity contribution in [1.29, 1.82) is 0 Å². The highest BCUT2D eigenvalue weighted by molar-refractivity contribution is 7.47. The van der Waals surface area contributed by atoms with Crippen LogP contribution in [0.25, 0.3) is 21.6 Å². The summed E-state index contributed by atoms with van der Waals surface area (Å²) in [5.41, 5.74) is 14.4. The molecule has 3 aromatic rings. The van der Waals surface area contributed by atoms with E-state index in [-0.39, 0.29) is 24.2 Å². The number of nitrogen functional groups attached to an aromatic ring is 1. The molecule has 3 aromatic heterocycles. The number of nitrogens with two attached hydrogens (primary N) is 1. The molecule has 214 valence electrons. The number of ether oxygens (including phenoxy) is 2. The van der Waals surface area contributed by atoms with E-state index in [4.69, 9.17) is 29.8 Å². The van der Waals surface area contributed by atoms with E-state index in [0.29, 0.717) is 11.2 Å². The minimum absolute atomic E-state index is 0.0504. The number of phosphoric acid groups is 1. The van der Waals surface area contributed by atoms with Gasteiger partial charge in [0.25, 0.3) is 5.56 Å². The molecule has 2 fully saturated rings. The van der Waals surface area contributed by atoms with Crippen molar-refractivity contribution in [1.82, 2.24) is 29.1 Å². The number of aliphatic hydroxyl groups is 1. The monoisotopic (exact) mass is 580 g/mol. The number of aliphatic hydroxyl groups excluding tert-OH is 1. The molecule has 0 amide bonds. The van der Waals surface area contributed by atoms with Gasteiger partial charge in [0.1, 0.15) is 24.2 Å². The van der Waals surface area contributed by atoms with E-state index in [1.54, 1.807) is 0 Å². The standard InChI is InChI=1S/C20H25N10O9P/c1-9-4-29(20(33)26-18(9)32)14-3-11(27-28-22)13(39-14)6-37-40(34,35)36-5-10-2-12(31)19(38-10)30-8-25-15-16(21)23-7-24-17(15)30/h4,7-8,10-14,19,31H,2-3,5-6H2,1H3,(H,34,35)(H2,21,23,24)(H,26,32,33)/t10-,11-,12+,13+,14+,19+/m0/s1. The quantitative estimate of drug-likeness (QED) is 0.113. The number of phosphoric ester groups is 1. The Hall–Kier alpha value is -3.67. The van der Waals surface area contributed by atoms with Crippen LogP contribution < -0.4 is 17.0 Å². The molecule has 5 rings (SSSR count). The van der Waals surface area contributed by atoms with Crippen molar-refractivity contribution in [2.45, 2.75) is 56.6 Å². The van der Waals surface area contributed by atoms with Gasteiger partial charge in [0.15, 0.2) is 17.7 Å². The largest absolute Gasteiger partial charge is 0.472 e. The van der Waals surface area contributed by atoms with Gasteiger partial charge in [-0.1, -0.05) is 5.11 Å². The van der Waals surface area contributed by atoms with E-state index in [1.165, 1.54) is 30.3 Å². The first-order valence-electron chi connectivity index (χ1n) is 12.0. The molecule has 0 aromatic carbocycles. The Morgan fingerprint density at radius 1 is 1.25 bits per heavy atom. The highest BCUT2D eigenvalue weighted by Gasteiger charge is 2.40. The molecule has 2 aliphatic heterocycles. The number of imidazole rings is 1. The molecule has 2 saturated heterocycles. The molecule has 1 unspecified atom stereocenters. The molecule has 0 saturated carbocycles. The average Bonchev–Trinajstić information content (AvgIpc) is 3.61. The van der Waals surface area contributed by atoms with Gasteiger partial charge in [-0.3, -0.25) is 28.0 Å². The smallest absolute Gasteiger partial charge is 0.388 e. The molecular formula is C20H25N10O9P. The molecular weight excluding hydrogens is 555 g/mol. The van der Waals surface area contributed by atoms with Crippen LogP contribution in [0.4, 0.5) is 5.82 Å². The number of hydrogen-bond acceptors (Lipinski definition) is 13. The van der Waals surface area contributed by atoms with Crippen LogP contribution in [0, 0.1) is 6.92 Å². The fourth-order valence-electron chi connectivity index (χ4n) is 4.55. The maximum atomic E-state index is 12.6. The molecule has 0 aliphatic carbocycles. The number of azide groups is 1. The second-order valence-electron chi connectivity index (χ2n) is 9.21. The first-order valence-corrected chi connectivity index (χ1v) is 13.5. The molecule has 20 heteroatoms. The van der Waals surface area contributed by atoms with Crippen molar-refractivity contribution in [3.05, 3.63) is 55.7 Å². The van der Waals surface area contributed by atoms with Crippen molar-refractivity contribution >= 4 is 24.8 Å². The van der Waals surface area contributed by atoms with Crippen LogP contribution in [0.1, 0.15) is 30.9 Å². The van der Waals surface area contributed by atoms with E-state index < -0.39 is 69.1 Å². The first-order chi connectivity index (χ1) is 19.1. The van der Waals surface area contributed by atoms with Crippen molar-refractivity contribution in [3.8, 4) is 0 Å². The zero-order chi connectivity index (χ0) is 28.6. The fraction of sp³-hybridized carbons (Fsp3) is 0.550. The second kappa shape index (κ2) is 11.1. The van der Waals surface area contributed by atoms with Crippen LogP contribution in [0.5, 0.6) is 0 Å². The van der Waals surface area contributed by atoms with Gasteiger partial charge in [-0.15, -0.1) is 0 Å². The lowest BCUT2D eigenvalue weighted by molar-refractivity contribution is -0.0523. The van der Waals surface area contributed by atoms with Crippen LogP contribution in [-0.4, -0.2) is 76.6 Å². The lowest BCUT2D eigenvalue weighted by Gasteiger charge is -2.20. The Morgan fingerprint density at radius 3 is 2.80 bits per heavy atom. The molecule has 40 heavy (non-hydrogen) atoms. The predicted octanol–water partition coefficient (Wildman–Crippen LogP) is 0.0155. The van der Waals surface area contributed by atoms with Gasteiger partial charge >= 0.3 is 13.5 Å². The molecule has 0 radical (unpaired) electrons. The third kappa shape index (κ3) is 5.63. The van der Waals surface area contributed by atoms with Gasteiger partial charge < -0.3 is 25.2 Å². The number of anilines is 1. The summed E-state index contributed by atoms with van der Waals surface area (Å²) in [6.07, 6.45) is -0.531. The van der Waals surface area contributed by atoms with Gasteiger partial charge in [0.2, 0.25) is 0 Å². The number of H-pyrrole nitrogens is 1. The summed E-state index contributed by atoms with van der Waals surface area (Å²) in [6, 6.07) is -0.842. The Bertz CT molecular complexity index is 1620. The van der Waals surface area contributed by atoms with Crippen molar-refractivity contribution in [2.75, 3.05) is 18.9 Å².